The normalized spacial score (nSPS) is 23.3. The zero-order valence-corrected chi connectivity index (χ0v) is 17.1. The molecule has 0 radical (unpaired) electrons. The average Bonchev–Trinajstić information content (AvgIpc) is 2.63. The largest absolute Gasteiger partial charge is 0.511 e. The van der Waals surface area contributed by atoms with Crippen molar-refractivity contribution in [2.75, 3.05) is 0 Å². The molecule has 0 aromatic heterocycles. The fourth-order valence-electron chi connectivity index (χ4n) is 2.92. The van der Waals surface area contributed by atoms with Crippen LogP contribution >= 0.6 is 0 Å². The molecule has 1 saturated heterocycles. The molecule has 0 bridgehead atoms. The molecule has 0 unspecified atom stereocenters. The second-order valence-corrected chi connectivity index (χ2v) is 7.48. The van der Waals surface area contributed by atoms with Gasteiger partial charge in [-0.3, -0.25) is 4.79 Å². The summed E-state index contributed by atoms with van der Waals surface area (Å²) >= 11 is 0. The number of aliphatic carboxylic acids is 1. The first-order valence-electron chi connectivity index (χ1n) is 9.58. The minimum absolute atomic E-state index is 0.00405. The molecule has 4 atom stereocenters. The summed E-state index contributed by atoms with van der Waals surface area (Å²) < 4.78 is 4.95. The monoisotopic (exact) mass is 419 g/mol. The third-order valence-corrected chi connectivity index (χ3v) is 5.02. The molecule has 0 amide bonds. The Bertz CT molecular complexity index is 700. The summed E-state index contributed by atoms with van der Waals surface area (Å²) in [6.45, 7) is 8.81. The molecule has 0 aromatic carbocycles. The molecule has 0 aliphatic carbocycles. The summed E-state index contributed by atoms with van der Waals surface area (Å²) in [5.74, 6) is -3.67. The third-order valence-electron chi connectivity index (χ3n) is 5.02. The first-order valence-corrected chi connectivity index (χ1v) is 9.58. The number of carbonyl (C=O) groups is 3. The van der Waals surface area contributed by atoms with E-state index in [-0.39, 0.29) is 37.0 Å². The van der Waals surface area contributed by atoms with Crippen LogP contribution in [0.4, 0.5) is 0 Å². The second-order valence-electron chi connectivity index (χ2n) is 7.48. The van der Waals surface area contributed by atoms with E-state index in [1.807, 2.05) is 0 Å². The van der Waals surface area contributed by atoms with E-state index in [0.29, 0.717) is 12.0 Å². The number of Topliss-reactive ketones (excluding diaryl/α,β-unsaturated/α-hetero) is 1. The van der Waals surface area contributed by atoms with Crippen LogP contribution in [0, 0.1) is 5.92 Å². The first-order chi connectivity index (χ1) is 13.4. The van der Waals surface area contributed by atoms with Gasteiger partial charge in [0.05, 0.1) is 6.10 Å². The molecule has 0 aromatic rings. The Hall–Kier alpha value is -2.45. The number of carbonyl (C=O) groups excluding carboxylic acids is 2. The van der Waals surface area contributed by atoms with Crippen molar-refractivity contribution in [3.8, 4) is 0 Å². The Kier molecular flexibility index (Phi) is 8.79. The van der Waals surface area contributed by atoms with Crippen molar-refractivity contribution in [3.05, 3.63) is 35.6 Å². The number of ether oxygens (including phenoxy) is 1. The highest BCUT2D eigenvalue weighted by atomic mass is 18.4. The predicted molar refractivity (Wildman–Crippen MR) is 105 cm³/mol. The van der Waals surface area contributed by atoms with Gasteiger partial charge in [0.2, 0.25) is 5.60 Å². The third kappa shape index (κ3) is 6.27. The molecule has 0 saturated carbocycles. The molecule has 1 rings (SSSR count). The standard InChI is InChI=1S/C21H30O8/c1-5-13(3)18(24)21(28,20(26)27)10-6-7-12(2)8-9-15(22)17-16(23)11-14(4)29-19(17)25/h6,10,13-14,18,22,24,28H,2,5,7-9,11H2,1,3-4H3,(H,26,27)/b10-6+,17-15-/t13-,14+,18+,21-/m0/s1/i14+1,16+1,19+1,23+2,25+2,29+2. The van der Waals surface area contributed by atoms with E-state index in [9.17, 15) is 34.8 Å². The SMILES string of the molecule is C=C(C/C=C/[C@@](O)(C(=O)O)[C@H](O)[C@@H](C)CC)CC/C(O)=C1\[13C](=[18O])C[13C@@H](C)[18O][13C]1=[18O]. The lowest BCUT2D eigenvalue weighted by atomic mass is 9.85. The van der Waals surface area contributed by atoms with E-state index in [2.05, 4.69) is 6.58 Å². The summed E-state index contributed by atoms with van der Waals surface area (Å²) in [5, 5.41) is 39.9. The van der Waals surface area contributed by atoms with Crippen molar-refractivity contribution in [2.24, 2.45) is 5.92 Å². The summed E-state index contributed by atoms with van der Waals surface area (Å²) in [7, 11) is 0. The number of hydrogen-bond donors (Lipinski definition) is 4. The van der Waals surface area contributed by atoms with E-state index >= 15 is 0 Å². The Labute approximate surface area is 170 Å². The molecule has 8 nitrogen and oxygen atoms in total. The van der Waals surface area contributed by atoms with Crippen LogP contribution in [0.1, 0.15) is 52.9 Å². The van der Waals surface area contributed by atoms with Gasteiger partial charge in [0, 0.05) is 12.8 Å². The van der Waals surface area contributed by atoms with Crippen LogP contribution in [-0.2, 0) is 19.1 Å². The fraction of sp³-hybridized carbons (Fsp3) is 0.571. The smallest absolute Gasteiger partial charge is 0.345 e. The fourth-order valence-corrected chi connectivity index (χ4v) is 2.92. The number of carboxylic acid groups (broad SMARTS) is 1. The van der Waals surface area contributed by atoms with Crippen molar-refractivity contribution in [3.63, 3.8) is 0 Å². The summed E-state index contributed by atoms with van der Waals surface area (Å²) in [6, 6.07) is 0. The molecular weight excluding hydrogens is 389 g/mol. The molecule has 1 heterocycles. The van der Waals surface area contributed by atoms with Crippen molar-refractivity contribution in [1.29, 1.82) is 0 Å². The number of cyclic esters (lactones) is 1. The number of aliphatic hydroxyl groups excluding tert-OH is 2. The minimum atomic E-state index is -2.42. The number of allylic oxidation sites excluding steroid dienone is 3. The van der Waals surface area contributed by atoms with Crippen molar-refractivity contribution < 1.29 is 39.5 Å². The molecule has 8 heteroatoms. The molecule has 1 aliphatic heterocycles. The molecule has 0 spiro atoms. The lowest BCUT2D eigenvalue weighted by Gasteiger charge is -2.29. The Morgan fingerprint density at radius 3 is 2.52 bits per heavy atom. The number of esters is 1. The van der Waals surface area contributed by atoms with Gasteiger partial charge in [0.15, 0.2) is 5.78 Å². The van der Waals surface area contributed by atoms with Crippen LogP contribution in [0.15, 0.2) is 35.6 Å². The van der Waals surface area contributed by atoms with Crippen molar-refractivity contribution in [1.82, 2.24) is 0 Å². The van der Waals surface area contributed by atoms with Gasteiger partial charge >= 0.3 is 11.9 Å². The quantitative estimate of drug-likeness (QED) is 0.0803. The predicted octanol–water partition coefficient (Wildman–Crippen LogP) is 2.21. The topological polar surface area (TPSA) is 141 Å². The zero-order chi connectivity index (χ0) is 22.4. The summed E-state index contributed by atoms with van der Waals surface area (Å²) in [5.41, 5.74) is -2.19. The van der Waals surface area contributed by atoms with Gasteiger partial charge in [-0.15, -0.1) is 0 Å². The van der Waals surface area contributed by atoms with Gasteiger partial charge in [-0.2, -0.15) is 0 Å². The number of hydrogen-bond acceptors (Lipinski definition) is 7. The Morgan fingerprint density at radius 1 is 1.38 bits per heavy atom. The Morgan fingerprint density at radius 2 is 2.00 bits per heavy atom. The molecule has 29 heavy (non-hydrogen) atoms. The highest BCUT2D eigenvalue weighted by Crippen LogP contribution is 2.25. The van der Waals surface area contributed by atoms with E-state index < -0.39 is 41.4 Å². The van der Waals surface area contributed by atoms with Crippen LogP contribution in [0.2, 0.25) is 0 Å². The maximum Gasteiger partial charge on any atom is 0.345 e. The maximum absolute atomic E-state index is 11.9. The molecule has 1 fully saturated rings. The van der Waals surface area contributed by atoms with Crippen molar-refractivity contribution in [2.45, 2.75) is 70.7 Å². The highest BCUT2D eigenvalue weighted by molar-refractivity contribution is 6.19. The zero-order valence-electron chi connectivity index (χ0n) is 17.1. The van der Waals surface area contributed by atoms with Crippen LogP contribution in [-0.4, -0.2) is 56.0 Å². The van der Waals surface area contributed by atoms with Crippen LogP contribution in [0.5, 0.6) is 0 Å². The lowest BCUT2D eigenvalue weighted by molar-refractivity contribution is -0.167. The number of carboxylic acids is 1. The van der Waals surface area contributed by atoms with Crippen molar-refractivity contribution >= 4 is 17.7 Å². The number of rotatable bonds is 10. The van der Waals surface area contributed by atoms with Gasteiger partial charge < -0.3 is 25.2 Å². The molecule has 1 aliphatic rings. The average molecular weight is 419 g/mol. The van der Waals surface area contributed by atoms with Gasteiger partial charge in [-0.1, -0.05) is 38.5 Å². The minimum Gasteiger partial charge on any atom is -0.511 e. The van der Waals surface area contributed by atoms with E-state index in [1.54, 1.807) is 20.8 Å². The van der Waals surface area contributed by atoms with Gasteiger partial charge in [0.1, 0.15) is 17.4 Å². The molecule has 4 N–H and O–H groups in total. The van der Waals surface area contributed by atoms with Gasteiger partial charge in [-0.25, -0.2) is 9.59 Å². The van der Waals surface area contributed by atoms with E-state index in [0.717, 1.165) is 6.08 Å². The van der Waals surface area contributed by atoms with E-state index in [4.69, 9.17) is 4.74 Å². The van der Waals surface area contributed by atoms with Crippen LogP contribution in [0.25, 0.3) is 0 Å². The molecule has 162 valence electrons. The second kappa shape index (κ2) is 10.4. The maximum atomic E-state index is 11.9. The summed E-state index contributed by atoms with van der Waals surface area (Å²) in [6.07, 6.45) is 1.32. The van der Waals surface area contributed by atoms with Crippen LogP contribution in [0.3, 0.4) is 0 Å². The van der Waals surface area contributed by atoms with E-state index in [1.165, 1.54) is 6.08 Å². The molecular formula is C21H30O8. The lowest BCUT2D eigenvalue weighted by Crippen LogP contribution is -2.50. The number of aliphatic hydroxyl groups is 3. The first kappa shape index (κ1) is 24.6. The van der Waals surface area contributed by atoms with Gasteiger partial charge in [-0.05, 0) is 31.8 Å². The summed E-state index contributed by atoms with van der Waals surface area (Å²) in [4.78, 5) is 35.2. The van der Waals surface area contributed by atoms with Crippen LogP contribution < -0.4 is 0 Å². The highest BCUT2D eigenvalue weighted by Gasteiger charge is 2.43. The van der Waals surface area contributed by atoms with Gasteiger partial charge in [0.25, 0.3) is 0 Å². The Balaban J connectivity index is 2.73. The number of ketones is 1.